The number of benzene rings is 2. The average molecular weight is 441 g/mol. The second-order valence-electron chi connectivity index (χ2n) is 8.75. The Kier molecular flexibility index (Phi) is 6.93. The van der Waals surface area contributed by atoms with Crippen molar-refractivity contribution in [3.8, 4) is 0 Å². The summed E-state index contributed by atoms with van der Waals surface area (Å²) in [7, 11) is 0. The highest BCUT2D eigenvalue weighted by atomic mass is 19.1. The first-order valence-corrected chi connectivity index (χ1v) is 11.5. The SMILES string of the molecule is C/C=C1/c2cnc(/C=C/c3ccc(C(C)=O)cc3)nc2C(Cc2ccccc2F)CCC1C. The number of Topliss-reactive ketones (excluding diaryl/α,β-unsaturated/α-hetero) is 1. The summed E-state index contributed by atoms with van der Waals surface area (Å²) in [5, 5.41) is 0. The molecule has 0 amide bonds. The molecule has 3 aromatic rings. The molecule has 3 nitrogen and oxygen atoms in total. The number of rotatable bonds is 5. The van der Waals surface area contributed by atoms with E-state index in [0.29, 0.717) is 23.7 Å². The van der Waals surface area contributed by atoms with Crippen LogP contribution in [0, 0.1) is 11.7 Å². The van der Waals surface area contributed by atoms with Gasteiger partial charge in [-0.05, 0) is 67.9 Å². The number of ketones is 1. The predicted molar refractivity (Wildman–Crippen MR) is 132 cm³/mol. The maximum absolute atomic E-state index is 14.4. The summed E-state index contributed by atoms with van der Waals surface area (Å²) in [4.78, 5) is 21.1. The van der Waals surface area contributed by atoms with Crippen molar-refractivity contribution in [2.45, 2.75) is 46.0 Å². The second-order valence-corrected chi connectivity index (χ2v) is 8.75. The molecule has 0 saturated carbocycles. The Hall–Kier alpha value is -3.40. The minimum absolute atomic E-state index is 0.0505. The lowest BCUT2D eigenvalue weighted by atomic mass is 9.91. The number of hydrogen-bond acceptors (Lipinski definition) is 3. The molecule has 2 aromatic carbocycles. The third-order valence-corrected chi connectivity index (χ3v) is 6.49. The molecule has 0 aliphatic heterocycles. The third-order valence-electron chi connectivity index (χ3n) is 6.49. The summed E-state index contributed by atoms with van der Waals surface area (Å²) in [6.07, 6.45) is 10.5. The van der Waals surface area contributed by atoms with Gasteiger partial charge in [0.05, 0.1) is 5.69 Å². The lowest BCUT2D eigenvalue weighted by Crippen LogP contribution is -2.09. The van der Waals surface area contributed by atoms with Crippen LogP contribution >= 0.6 is 0 Å². The smallest absolute Gasteiger partial charge is 0.159 e. The fourth-order valence-electron chi connectivity index (χ4n) is 4.60. The fraction of sp³-hybridized carbons (Fsp3) is 0.276. The van der Waals surface area contributed by atoms with Crippen LogP contribution in [0.25, 0.3) is 17.7 Å². The third kappa shape index (κ3) is 5.16. The van der Waals surface area contributed by atoms with E-state index in [1.807, 2.05) is 54.7 Å². The molecule has 1 aliphatic rings. The summed E-state index contributed by atoms with van der Waals surface area (Å²) in [6, 6.07) is 14.5. The quantitative estimate of drug-likeness (QED) is 0.313. The first-order valence-electron chi connectivity index (χ1n) is 11.5. The molecule has 1 aliphatic carbocycles. The zero-order chi connectivity index (χ0) is 23.4. The molecule has 168 valence electrons. The standard InChI is InChI=1S/C29H29FN2O/c1-4-25-19(2)9-13-24(17-23-7-5-6-8-27(23)30)29-26(25)18-31-28(32-29)16-12-21-10-14-22(15-11-21)20(3)33/h4-8,10-12,14-16,18-19,24H,9,13,17H2,1-3H3/b16-12+,25-4+. The normalized spacial score (nSPS) is 19.5. The Balaban J connectivity index is 1.69. The summed E-state index contributed by atoms with van der Waals surface area (Å²) in [6.45, 7) is 5.86. The highest BCUT2D eigenvalue weighted by molar-refractivity contribution is 5.94. The predicted octanol–water partition coefficient (Wildman–Crippen LogP) is 7.15. The number of nitrogens with zero attached hydrogens (tertiary/aromatic N) is 2. The van der Waals surface area contributed by atoms with Crippen LogP contribution in [0.15, 0.2) is 60.8 Å². The van der Waals surface area contributed by atoms with E-state index in [-0.39, 0.29) is 17.5 Å². The van der Waals surface area contributed by atoms with Gasteiger partial charge in [-0.2, -0.15) is 0 Å². The van der Waals surface area contributed by atoms with Crippen LogP contribution in [0.3, 0.4) is 0 Å². The van der Waals surface area contributed by atoms with Crippen LogP contribution in [-0.4, -0.2) is 15.8 Å². The van der Waals surface area contributed by atoms with Crippen molar-refractivity contribution in [2.75, 3.05) is 0 Å². The van der Waals surface area contributed by atoms with E-state index in [2.05, 4.69) is 24.9 Å². The van der Waals surface area contributed by atoms with Gasteiger partial charge in [-0.15, -0.1) is 0 Å². The van der Waals surface area contributed by atoms with E-state index in [0.717, 1.165) is 35.2 Å². The zero-order valence-corrected chi connectivity index (χ0v) is 19.4. The van der Waals surface area contributed by atoms with Crippen molar-refractivity contribution in [2.24, 2.45) is 5.92 Å². The summed E-state index contributed by atoms with van der Waals surface area (Å²) < 4.78 is 14.4. The number of allylic oxidation sites excluding steroid dienone is 2. The largest absolute Gasteiger partial charge is 0.295 e. The van der Waals surface area contributed by atoms with Gasteiger partial charge in [0, 0.05) is 23.2 Å². The van der Waals surface area contributed by atoms with Crippen molar-refractivity contribution in [3.63, 3.8) is 0 Å². The average Bonchev–Trinajstić information content (AvgIpc) is 2.95. The number of fused-ring (bicyclic) bond motifs is 1. The monoisotopic (exact) mass is 440 g/mol. The molecule has 0 fully saturated rings. The molecule has 1 aromatic heterocycles. The van der Waals surface area contributed by atoms with Gasteiger partial charge in [0.2, 0.25) is 0 Å². The van der Waals surface area contributed by atoms with Crippen molar-refractivity contribution in [1.82, 2.24) is 9.97 Å². The van der Waals surface area contributed by atoms with E-state index >= 15 is 0 Å². The number of carbonyl (C=O) groups is 1. The van der Waals surface area contributed by atoms with Gasteiger partial charge < -0.3 is 0 Å². The van der Waals surface area contributed by atoms with E-state index < -0.39 is 0 Å². The summed E-state index contributed by atoms with van der Waals surface area (Å²) >= 11 is 0. The van der Waals surface area contributed by atoms with Crippen LogP contribution in [0.2, 0.25) is 0 Å². The van der Waals surface area contributed by atoms with Crippen LogP contribution in [-0.2, 0) is 6.42 Å². The maximum atomic E-state index is 14.4. The van der Waals surface area contributed by atoms with Crippen molar-refractivity contribution in [3.05, 3.63) is 100 Å². The molecular formula is C29H29FN2O. The van der Waals surface area contributed by atoms with Crippen molar-refractivity contribution < 1.29 is 9.18 Å². The van der Waals surface area contributed by atoms with Gasteiger partial charge in [0.25, 0.3) is 0 Å². The molecular weight excluding hydrogens is 411 g/mol. The Labute approximate surface area is 195 Å². The molecule has 33 heavy (non-hydrogen) atoms. The van der Waals surface area contributed by atoms with E-state index in [1.165, 1.54) is 11.6 Å². The number of halogens is 1. The zero-order valence-electron chi connectivity index (χ0n) is 19.4. The van der Waals surface area contributed by atoms with Crippen molar-refractivity contribution in [1.29, 1.82) is 0 Å². The molecule has 0 N–H and O–H groups in total. The molecule has 0 saturated heterocycles. The molecule has 0 radical (unpaired) electrons. The molecule has 4 heteroatoms. The van der Waals surface area contributed by atoms with Crippen LogP contribution < -0.4 is 0 Å². The molecule has 0 bridgehead atoms. The number of carbonyl (C=O) groups excluding carboxylic acids is 1. The summed E-state index contributed by atoms with van der Waals surface area (Å²) in [5.41, 5.74) is 5.73. The second kappa shape index (κ2) is 10.0. The number of aromatic nitrogens is 2. The van der Waals surface area contributed by atoms with Gasteiger partial charge in [-0.25, -0.2) is 14.4 Å². The Morgan fingerprint density at radius 3 is 2.55 bits per heavy atom. The summed E-state index contributed by atoms with van der Waals surface area (Å²) in [5.74, 6) is 1.05. The molecule has 0 spiro atoms. The van der Waals surface area contributed by atoms with Crippen LogP contribution in [0.1, 0.15) is 78.1 Å². The highest BCUT2D eigenvalue weighted by Gasteiger charge is 2.27. The lowest BCUT2D eigenvalue weighted by Gasteiger charge is -2.17. The molecule has 2 unspecified atom stereocenters. The minimum atomic E-state index is -0.161. The van der Waals surface area contributed by atoms with E-state index in [4.69, 9.17) is 4.98 Å². The topological polar surface area (TPSA) is 42.9 Å². The minimum Gasteiger partial charge on any atom is -0.295 e. The first kappa shape index (κ1) is 22.8. The maximum Gasteiger partial charge on any atom is 0.159 e. The lowest BCUT2D eigenvalue weighted by molar-refractivity contribution is 0.101. The van der Waals surface area contributed by atoms with Crippen molar-refractivity contribution >= 4 is 23.5 Å². The Morgan fingerprint density at radius 1 is 1.09 bits per heavy atom. The number of hydrogen-bond donors (Lipinski definition) is 0. The van der Waals surface area contributed by atoms with Crippen LogP contribution in [0.5, 0.6) is 0 Å². The van der Waals surface area contributed by atoms with E-state index in [9.17, 15) is 9.18 Å². The Bertz CT molecular complexity index is 1210. The highest BCUT2D eigenvalue weighted by Crippen LogP contribution is 2.40. The van der Waals surface area contributed by atoms with Crippen LogP contribution in [0.4, 0.5) is 4.39 Å². The molecule has 1 heterocycles. The molecule has 2 atom stereocenters. The van der Waals surface area contributed by atoms with Gasteiger partial charge in [0.15, 0.2) is 11.6 Å². The Morgan fingerprint density at radius 2 is 1.85 bits per heavy atom. The van der Waals surface area contributed by atoms with Gasteiger partial charge in [0.1, 0.15) is 5.82 Å². The first-order chi connectivity index (χ1) is 16.0. The van der Waals surface area contributed by atoms with Gasteiger partial charge in [-0.3, -0.25) is 4.79 Å². The van der Waals surface area contributed by atoms with Gasteiger partial charge >= 0.3 is 0 Å². The van der Waals surface area contributed by atoms with E-state index in [1.54, 1.807) is 13.0 Å². The molecule has 4 rings (SSSR count). The van der Waals surface area contributed by atoms with Gasteiger partial charge in [-0.1, -0.05) is 61.5 Å². The fourth-order valence-corrected chi connectivity index (χ4v) is 4.60.